The van der Waals surface area contributed by atoms with Gasteiger partial charge in [0, 0.05) is 5.56 Å². The molecule has 0 spiro atoms. The highest BCUT2D eigenvalue weighted by Crippen LogP contribution is 2.24. The molecule has 1 aromatic rings. The number of hydroxylamine groups is 1. The van der Waals surface area contributed by atoms with Gasteiger partial charge in [0.15, 0.2) is 6.04 Å². The summed E-state index contributed by atoms with van der Waals surface area (Å²) in [6.07, 6.45) is 0. The number of rotatable bonds is 2. The number of hydrogen-bond acceptors (Lipinski definition) is 4. The van der Waals surface area contributed by atoms with Crippen molar-refractivity contribution >= 4 is 35.0 Å². The molecular formula is C10H8Cl2N2O3. The maximum absolute atomic E-state index is 11.1. The van der Waals surface area contributed by atoms with Gasteiger partial charge in [0.25, 0.3) is 5.91 Å². The van der Waals surface area contributed by atoms with Crippen LogP contribution in [0.5, 0.6) is 0 Å². The van der Waals surface area contributed by atoms with E-state index in [2.05, 4.69) is 4.99 Å². The number of ether oxygens (including phenoxy) is 1. The summed E-state index contributed by atoms with van der Waals surface area (Å²) in [6, 6.07) is 4.16. The van der Waals surface area contributed by atoms with Crippen LogP contribution in [0.3, 0.4) is 0 Å². The highest BCUT2D eigenvalue weighted by atomic mass is 35.5. The molecule has 0 bridgehead atoms. The summed E-state index contributed by atoms with van der Waals surface area (Å²) < 4.78 is 5.25. The zero-order valence-corrected chi connectivity index (χ0v) is 10.00. The molecule has 0 unspecified atom stereocenters. The maximum atomic E-state index is 11.1. The van der Waals surface area contributed by atoms with Crippen LogP contribution in [0, 0.1) is 0 Å². The topological polar surface area (TPSA) is 70.9 Å². The molecule has 1 heterocycles. The van der Waals surface area contributed by atoms with E-state index in [1.165, 1.54) is 5.48 Å². The summed E-state index contributed by atoms with van der Waals surface area (Å²) in [6.45, 7) is 0.0853. The van der Waals surface area contributed by atoms with Gasteiger partial charge in [0.2, 0.25) is 5.90 Å². The second kappa shape index (κ2) is 4.91. The lowest BCUT2D eigenvalue weighted by atomic mass is 10.2. The third kappa shape index (κ3) is 2.52. The number of amides is 1. The standard InChI is InChI=1S/C10H8Cl2N2O3/c11-6-2-1-5(3-7(6)12)10-13-8(4-17-10)9(15)14-16/h1-3,8,16H,4H2,(H,14,15)/t8-/m1/s1. The van der Waals surface area contributed by atoms with Crippen molar-refractivity contribution in [3.63, 3.8) is 0 Å². The summed E-state index contributed by atoms with van der Waals surface area (Å²) in [5.74, 6) is -0.308. The minimum Gasteiger partial charge on any atom is -0.475 e. The molecule has 0 fully saturated rings. The van der Waals surface area contributed by atoms with Gasteiger partial charge >= 0.3 is 0 Å². The van der Waals surface area contributed by atoms with Gasteiger partial charge < -0.3 is 4.74 Å². The molecule has 0 saturated heterocycles. The van der Waals surface area contributed by atoms with E-state index in [1.807, 2.05) is 0 Å². The molecule has 0 radical (unpaired) electrons. The predicted octanol–water partition coefficient (Wildman–Crippen LogP) is 1.64. The first-order valence-electron chi connectivity index (χ1n) is 4.72. The Balaban J connectivity index is 2.24. The van der Waals surface area contributed by atoms with Gasteiger partial charge in [0.05, 0.1) is 10.0 Å². The van der Waals surface area contributed by atoms with E-state index in [0.29, 0.717) is 21.5 Å². The number of aliphatic imine (C=N–C) groups is 1. The van der Waals surface area contributed by atoms with Crippen LogP contribution in [0.1, 0.15) is 5.56 Å². The molecule has 90 valence electrons. The molecule has 2 N–H and O–H groups in total. The fraction of sp³-hybridized carbons (Fsp3) is 0.200. The Hall–Kier alpha value is -1.30. The Bertz CT molecular complexity index is 490. The van der Waals surface area contributed by atoms with Gasteiger partial charge in [-0.1, -0.05) is 23.2 Å². The SMILES string of the molecule is O=C(NO)[C@H]1COC(c2ccc(Cl)c(Cl)c2)=N1. The predicted molar refractivity (Wildman–Crippen MR) is 62.7 cm³/mol. The van der Waals surface area contributed by atoms with Gasteiger partial charge in [-0.3, -0.25) is 10.0 Å². The third-order valence-corrected chi connectivity index (χ3v) is 2.97. The fourth-order valence-electron chi connectivity index (χ4n) is 1.37. The normalized spacial score (nSPS) is 18.5. The van der Waals surface area contributed by atoms with E-state index < -0.39 is 11.9 Å². The number of halogens is 2. The van der Waals surface area contributed by atoms with Crippen LogP contribution < -0.4 is 5.48 Å². The van der Waals surface area contributed by atoms with E-state index in [4.69, 9.17) is 33.1 Å². The van der Waals surface area contributed by atoms with Crippen molar-refractivity contribution in [3.05, 3.63) is 33.8 Å². The third-order valence-electron chi connectivity index (χ3n) is 2.23. The maximum Gasteiger partial charge on any atom is 0.271 e. The minimum absolute atomic E-state index is 0.0853. The van der Waals surface area contributed by atoms with Crippen LogP contribution in [0.2, 0.25) is 10.0 Å². The van der Waals surface area contributed by atoms with E-state index in [1.54, 1.807) is 18.2 Å². The van der Waals surface area contributed by atoms with Crippen LogP contribution in [0.4, 0.5) is 0 Å². The molecule has 1 amide bonds. The lowest BCUT2D eigenvalue weighted by Gasteiger charge is -2.02. The van der Waals surface area contributed by atoms with Gasteiger partial charge in [0.1, 0.15) is 6.61 Å². The number of nitrogens with zero attached hydrogens (tertiary/aromatic N) is 1. The van der Waals surface area contributed by atoms with Gasteiger partial charge in [-0.05, 0) is 18.2 Å². The molecule has 1 aromatic carbocycles. The van der Waals surface area contributed by atoms with Crippen LogP contribution in [0.25, 0.3) is 0 Å². The van der Waals surface area contributed by atoms with E-state index >= 15 is 0 Å². The lowest BCUT2D eigenvalue weighted by Crippen LogP contribution is -2.31. The van der Waals surface area contributed by atoms with Crippen LogP contribution in [-0.2, 0) is 9.53 Å². The molecular weight excluding hydrogens is 267 g/mol. The Morgan fingerprint density at radius 3 is 2.88 bits per heavy atom. The molecule has 0 saturated carbocycles. The van der Waals surface area contributed by atoms with E-state index in [-0.39, 0.29) is 6.61 Å². The van der Waals surface area contributed by atoms with Crippen LogP contribution in [0.15, 0.2) is 23.2 Å². The molecule has 7 heteroatoms. The molecule has 0 aromatic heterocycles. The van der Waals surface area contributed by atoms with E-state index in [9.17, 15) is 4.79 Å². The van der Waals surface area contributed by atoms with Crippen molar-refractivity contribution in [3.8, 4) is 0 Å². The summed E-state index contributed by atoms with van der Waals surface area (Å²) in [7, 11) is 0. The molecule has 1 atom stereocenters. The highest BCUT2D eigenvalue weighted by molar-refractivity contribution is 6.42. The average molecular weight is 275 g/mol. The summed E-state index contributed by atoms with van der Waals surface area (Å²) in [5.41, 5.74) is 2.16. The van der Waals surface area contributed by atoms with E-state index in [0.717, 1.165) is 0 Å². The number of nitrogens with one attached hydrogen (secondary N) is 1. The average Bonchev–Trinajstić information content (AvgIpc) is 2.81. The molecule has 1 aliphatic heterocycles. The van der Waals surface area contributed by atoms with Gasteiger partial charge in [-0.2, -0.15) is 0 Å². The van der Waals surface area contributed by atoms with Gasteiger partial charge in [-0.15, -0.1) is 0 Å². The number of hydrogen-bond donors (Lipinski definition) is 2. The van der Waals surface area contributed by atoms with Gasteiger partial charge in [-0.25, -0.2) is 10.5 Å². The Morgan fingerprint density at radius 2 is 2.24 bits per heavy atom. The first-order chi connectivity index (χ1) is 8.11. The minimum atomic E-state index is -0.746. The smallest absolute Gasteiger partial charge is 0.271 e. The summed E-state index contributed by atoms with van der Waals surface area (Å²) in [5, 5.41) is 9.28. The summed E-state index contributed by atoms with van der Waals surface area (Å²) >= 11 is 11.6. The second-order valence-corrected chi connectivity index (χ2v) is 4.18. The molecule has 1 aliphatic rings. The zero-order valence-electron chi connectivity index (χ0n) is 8.48. The first-order valence-corrected chi connectivity index (χ1v) is 5.47. The quantitative estimate of drug-likeness (QED) is 0.636. The van der Waals surface area contributed by atoms with Crippen LogP contribution in [-0.4, -0.2) is 29.7 Å². The van der Waals surface area contributed by atoms with Crippen LogP contribution >= 0.6 is 23.2 Å². The number of carbonyl (C=O) groups is 1. The fourth-order valence-corrected chi connectivity index (χ4v) is 1.67. The number of carbonyl (C=O) groups excluding carboxylic acids is 1. The monoisotopic (exact) mass is 274 g/mol. The van der Waals surface area contributed by atoms with Crippen molar-refractivity contribution in [2.75, 3.05) is 6.61 Å². The Labute approximate surface area is 107 Å². The van der Waals surface area contributed by atoms with Crippen molar-refractivity contribution in [2.24, 2.45) is 4.99 Å². The number of benzene rings is 1. The Kier molecular flexibility index (Phi) is 3.51. The zero-order chi connectivity index (χ0) is 12.4. The first kappa shape index (κ1) is 12.2. The molecule has 2 rings (SSSR count). The largest absolute Gasteiger partial charge is 0.475 e. The highest BCUT2D eigenvalue weighted by Gasteiger charge is 2.26. The van der Waals surface area contributed by atoms with Crippen molar-refractivity contribution in [1.29, 1.82) is 0 Å². The van der Waals surface area contributed by atoms with Crippen molar-refractivity contribution in [2.45, 2.75) is 6.04 Å². The molecule has 5 nitrogen and oxygen atoms in total. The second-order valence-electron chi connectivity index (χ2n) is 3.37. The molecule has 0 aliphatic carbocycles. The van der Waals surface area contributed by atoms with Crippen molar-refractivity contribution < 1.29 is 14.7 Å². The van der Waals surface area contributed by atoms with Crippen molar-refractivity contribution in [1.82, 2.24) is 5.48 Å². The molecule has 17 heavy (non-hydrogen) atoms. The lowest BCUT2D eigenvalue weighted by molar-refractivity contribution is -0.130. The Morgan fingerprint density at radius 1 is 1.47 bits per heavy atom. The summed E-state index contributed by atoms with van der Waals surface area (Å²) in [4.78, 5) is 15.1.